The van der Waals surface area contributed by atoms with Crippen molar-refractivity contribution in [2.45, 2.75) is 26.8 Å². The third-order valence-electron chi connectivity index (χ3n) is 4.77. The van der Waals surface area contributed by atoms with E-state index in [1.807, 2.05) is 48.2 Å². The number of rotatable bonds is 6. The predicted octanol–water partition coefficient (Wildman–Crippen LogP) is 3.77. The van der Waals surface area contributed by atoms with Gasteiger partial charge < -0.3 is 4.74 Å². The molecule has 28 heavy (non-hydrogen) atoms. The molecule has 1 amide bonds. The van der Waals surface area contributed by atoms with Gasteiger partial charge in [0, 0.05) is 31.3 Å². The number of hydrogen-bond donors (Lipinski definition) is 0. The van der Waals surface area contributed by atoms with E-state index < -0.39 is 0 Å². The van der Waals surface area contributed by atoms with Crippen molar-refractivity contribution in [3.63, 3.8) is 0 Å². The Morgan fingerprint density at radius 1 is 1.14 bits per heavy atom. The average molecular weight is 378 g/mol. The summed E-state index contributed by atoms with van der Waals surface area (Å²) in [5, 5.41) is 0. The van der Waals surface area contributed by atoms with Crippen molar-refractivity contribution in [2.24, 2.45) is 0 Å². The Morgan fingerprint density at radius 2 is 1.89 bits per heavy atom. The molecule has 5 nitrogen and oxygen atoms in total. The highest BCUT2D eigenvalue weighted by Crippen LogP contribution is 2.24. The van der Waals surface area contributed by atoms with Crippen LogP contribution in [0.25, 0.3) is 6.08 Å². The largest absolute Gasteiger partial charge is 0.463 e. The Morgan fingerprint density at radius 3 is 2.61 bits per heavy atom. The van der Waals surface area contributed by atoms with Crippen molar-refractivity contribution in [3.05, 3.63) is 71.3 Å². The number of aryl methyl sites for hydroxylation is 1. The van der Waals surface area contributed by atoms with Crippen molar-refractivity contribution in [2.75, 3.05) is 24.7 Å². The number of esters is 1. The number of anilines is 1. The van der Waals surface area contributed by atoms with Crippen LogP contribution in [0.15, 0.2) is 54.6 Å². The first-order chi connectivity index (χ1) is 13.6. The van der Waals surface area contributed by atoms with Crippen LogP contribution in [0.2, 0.25) is 0 Å². The Hall–Kier alpha value is -2.92. The molecule has 0 radical (unpaired) electrons. The minimum Gasteiger partial charge on any atom is -0.463 e. The fourth-order valence-corrected chi connectivity index (χ4v) is 3.29. The number of hydrogen-bond acceptors (Lipinski definition) is 4. The van der Waals surface area contributed by atoms with E-state index in [1.165, 1.54) is 11.6 Å². The lowest BCUT2D eigenvalue weighted by atomic mass is 10.1. The van der Waals surface area contributed by atoms with Crippen LogP contribution >= 0.6 is 0 Å². The Kier molecular flexibility index (Phi) is 6.61. The molecule has 0 saturated carbocycles. The maximum Gasteiger partial charge on any atom is 0.330 e. The second kappa shape index (κ2) is 9.33. The topological polar surface area (TPSA) is 49.9 Å². The minimum atomic E-state index is -0.333. The highest BCUT2D eigenvalue weighted by molar-refractivity contribution is 5.94. The standard InChI is InChI=1S/C23H26N2O3/c1-3-28-23(27)13-12-19-8-10-20(11-9-19)16-24-15-14-22(26)25(17-24)21-7-5-4-6-18(21)2/h4-13H,3,14-17H2,1-2H3/b13-12+. The van der Waals surface area contributed by atoms with Crippen LogP contribution < -0.4 is 4.90 Å². The SMILES string of the molecule is CCOC(=O)/C=C/c1ccc(CN2CCC(=O)N(c3ccccc3C)C2)cc1. The summed E-state index contributed by atoms with van der Waals surface area (Å²) in [6.07, 6.45) is 3.71. The molecule has 0 N–H and O–H groups in total. The fraction of sp³-hybridized carbons (Fsp3) is 0.304. The van der Waals surface area contributed by atoms with Gasteiger partial charge in [-0.2, -0.15) is 0 Å². The molecular formula is C23H26N2O3. The second-order valence-electron chi connectivity index (χ2n) is 6.88. The van der Waals surface area contributed by atoms with E-state index in [4.69, 9.17) is 4.74 Å². The predicted molar refractivity (Wildman–Crippen MR) is 111 cm³/mol. The van der Waals surface area contributed by atoms with Crippen molar-refractivity contribution >= 4 is 23.6 Å². The van der Waals surface area contributed by atoms with Crippen molar-refractivity contribution in [3.8, 4) is 0 Å². The summed E-state index contributed by atoms with van der Waals surface area (Å²) < 4.78 is 4.89. The van der Waals surface area contributed by atoms with E-state index >= 15 is 0 Å². The monoisotopic (exact) mass is 378 g/mol. The van der Waals surface area contributed by atoms with Gasteiger partial charge in [0.15, 0.2) is 0 Å². The van der Waals surface area contributed by atoms with Gasteiger partial charge in [-0.05, 0) is 42.7 Å². The van der Waals surface area contributed by atoms with Gasteiger partial charge in [-0.15, -0.1) is 0 Å². The highest BCUT2D eigenvalue weighted by atomic mass is 16.5. The summed E-state index contributed by atoms with van der Waals surface area (Å²) >= 11 is 0. The van der Waals surface area contributed by atoms with Gasteiger partial charge in [0.05, 0.1) is 13.3 Å². The molecule has 1 aliphatic rings. The van der Waals surface area contributed by atoms with Gasteiger partial charge >= 0.3 is 5.97 Å². The normalized spacial score (nSPS) is 15.2. The summed E-state index contributed by atoms with van der Waals surface area (Å²) in [4.78, 5) is 28.0. The molecule has 0 unspecified atom stereocenters. The van der Waals surface area contributed by atoms with Crippen LogP contribution in [0.3, 0.4) is 0 Å². The molecule has 5 heteroatoms. The van der Waals surface area contributed by atoms with Gasteiger partial charge in [0.1, 0.15) is 0 Å². The lowest BCUT2D eigenvalue weighted by Crippen LogP contribution is -2.48. The molecule has 0 aromatic heterocycles. The highest BCUT2D eigenvalue weighted by Gasteiger charge is 2.25. The molecule has 0 bridgehead atoms. The van der Waals surface area contributed by atoms with Gasteiger partial charge in [-0.25, -0.2) is 4.79 Å². The van der Waals surface area contributed by atoms with E-state index in [0.717, 1.165) is 29.9 Å². The first-order valence-electron chi connectivity index (χ1n) is 9.59. The molecule has 2 aromatic carbocycles. The quantitative estimate of drug-likeness (QED) is 0.567. The zero-order valence-corrected chi connectivity index (χ0v) is 16.4. The number of para-hydroxylation sites is 1. The zero-order valence-electron chi connectivity index (χ0n) is 16.4. The Balaban J connectivity index is 1.63. The van der Waals surface area contributed by atoms with Gasteiger partial charge in [0.2, 0.25) is 5.91 Å². The van der Waals surface area contributed by atoms with Crippen LogP contribution in [0.5, 0.6) is 0 Å². The summed E-state index contributed by atoms with van der Waals surface area (Å²) in [5.41, 5.74) is 4.21. The third kappa shape index (κ3) is 5.08. The summed E-state index contributed by atoms with van der Waals surface area (Å²) in [5.74, 6) is -0.161. The fourth-order valence-electron chi connectivity index (χ4n) is 3.29. The third-order valence-corrected chi connectivity index (χ3v) is 4.77. The number of carbonyl (C=O) groups excluding carboxylic acids is 2. The number of nitrogens with zero attached hydrogens (tertiary/aromatic N) is 2. The second-order valence-corrected chi connectivity index (χ2v) is 6.88. The molecule has 0 atom stereocenters. The molecule has 0 aliphatic carbocycles. The Labute approximate surface area is 166 Å². The van der Waals surface area contributed by atoms with Crippen LogP contribution in [-0.4, -0.2) is 36.6 Å². The van der Waals surface area contributed by atoms with Crippen LogP contribution in [0.1, 0.15) is 30.0 Å². The van der Waals surface area contributed by atoms with E-state index in [0.29, 0.717) is 19.7 Å². The number of ether oxygens (including phenoxy) is 1. The maximum atomic E-state index is 12.4. The smallest absolute Gasteiger partial charge is 0.330 e. The van der Waals surface area contributed by atoms with Gasteiger partial charge in [-0.3, -0.25) is 14.6 Å². The van der Waals surface area contributed by atoms with Crippen molar-refractivity contribution in [1.82, 2.24) is 4.90 Å². The van der Waals surface area contributed by atoms with Gasteiger partial charge in [-0.1, -0.05) is 42.5 Å². The number of carbonyl (C=O) groups is 2. The number of benzene rings is 2. The van der Waals surface area contributed by atoms with Crippen molar-refractivity contribution in [1.29, 1.82) is 0 Å². The molecule has 3 rings (SSSR count). The Bertz CT molecular complexity index is 858. The van der Waals surface area contributed by atoms with Crippen LogP contribution in [-0.2, 0) is 20.9 Å². The first kappa shape index (κ1) is 19.8. The summed E-state index contributed by atoms with van der Waals surface area (Å²) in [6.45, 7) is 6.32. The lowest BCUT2D eigenvalue weighted by Gasteiger charge is -2.36. The zero-order chi connectivity index (χ0) is 19.9. The number of amides is 1. The lowest BCUT2D eigenvalue weighted by molar-refractivity contribution is -0.137. The van der Waals surface area contributed by atoms with Gasteiger partial charge in [0.25, 0.3) is 0 Å². The summed E-state index contributed by atoms with van der Waals surface area (Å²) in [6, 6.07) is 16.1. The molecular weight excluding hydrogens is 352 g/mol. The van der Waals surface area contributed by atoms with Crippen LogP contribution in [0, 0.1) is 6.92 Å². The maximum absolute atomic E-state index is 12.4. The molecule has 0 spiro atoms. The van der Waals surface area contributed by atoms with E-state index in [9.17, 15) is 9.59 Å². The average Bonchev–Trinajstić information content (AvgIpc) is 2.70. The van der Waals surface area contributed by atoms with E-state index in [2.05, 4.69) is 17.0 Å². The summed E-state index contributed by atoms with van der Waals surface area (Å²) in [7, 11) is 0. The van der Waals surface area contributed by atoms with E-state index in [-0.39, 0.29) is 11.9 Å². The molecule has 2 aromatic rings. The molecule has 1 aliphatic heterocycles. The van der Waals surface area contributed by atoms with E-state index in [1.54, 1.807) is 13.0 Å². The minimum absolute atomic E-state index is 0.171. The van der Waals surface area contributed by atoms with Crippen molar-refractivity contribution < 1.29 is 14.3 Å². The molecule has 1 heterocycles. The molecule has 1 fully saturated rings. The molecule has 1 saturated heterocycles. The van der Waals surface area contributed by atoms with Crippen LogP contribution in [0.4, 0.5) is 5.69 Å². The molecule has 146 valence electrons. The first-order valence-corrected chi connectivity index (χ1v) is 9.59.